The molecule has 0 aliphatic heterocycles. The highest BCUT2D eigenvalue weighted by Crippen LogP contribution is 2.17. The monoisotopic (exact) mass is 204 g/mol. The molecule has 2 nitrogen and oxygen atoms in total. The zero-order valence-corrected chi connectivity index (χ0v) is 9.08. The molecule has 1 aliphatic carbocycles. The largest absolute Gasteiger partial charge is 0.452 e. The molecule has 0 bridgehead atoms. The van der Waals surface area contributed by atoms with Gasteiger partial charge < -0.3 is 4.74 Å². The lowest BCUT2D eigenvalue weighted by Crippen LogP contribution is -2.00. The zero-order valence-electron chi connectivity index (χ0n) is 9.08. The van der Waals surface area contributed by atoms with Crippen molar-refractivity contribution in [3.05, 3.63) is 23.8 Å². The van der Waals surface area contributed by atoms with Crippen LogP contribution in [0.5, 0.6) is 0 Å². The van der Waals surface area contributed by atoms with Crippen LogP contribution in [0.25, 0.3) is 0 Å². The first-order valence-electron chi connectivity index (χ1n) is 5.28. The number of rotatable bonds is 3. The van der Waals surface area contributed by atoms with E-state index in [2.05, 4.69) is 17.9 Å². The molecule has 1 rings (SSSR count). The van der Waals surface area contributed by atoms with Gasteiger partial charge in [-0.25, -0.2) is 4.79 Å². The van der Waals surface area contributed by atoms with Gasteiger partial charge in [-0.15, -0.1) is 0 Å². The van der Waals surface area contributed by atoms with E-state index in [0.717, 1.165) is 6.42 Å². The highest BCUT2D eigenvalue weighted by Gasteiger charge is 1.99. The van der Waals surface area contributed by atoms with Gasteiger partial charge in [0.2, 0.25) is 0 Å². The van der Waals surface area contributed by atoms with Crippen LogP contribution in [0.15, 0.2) is 23.8 Å². The van der Waals surface area contributed by atoms with E-state index >= 15 is 0 Å². The van der Waals surface area contributed by atoms with E-state index in [1.54, 1.807) is 6.92 Å². The van der Waals surface area contributed by atoms with Gasteiger partial charge in [-0.2, -0.15) is 0 Å². The van der Waals surface area contributed by atoms with Gasteiger partial charge in [0.05, 0.1) is 0 Å². The molecule has 0 spiro atoms. The predicted octanol–water partition coefficient (Wildman–Crippen LogP) is 2.61. The number of ether oxygens (including phenoxy) is 1. The van der Waals surface area contributed by atoms with Crippen LogP contribution in [-0.4, -0.2) is 12.6 Å². The molecular formula is C13H16O2. The molecule has 0 atom stereocenters. The minimum absolute atomic E-state index is 0.310. The molecule has 0 unspecified atom stereocenters. The van der Waals surface area contributed by atoms with Gasteiger partial charge >= 0.3 is 5.97 Å². The van der Waals surface area contributed by atoms with Crippen LogP contribution in [0.1, 0.15) is 32.6 Å². The highest BCUT2D eigenvalue weighted by molar-refractivity contribution is 5.88. The molecule has 0 N–H and O–H groups in total. The molecule has 15 heavy (non-hydrogen) atoms. The van der Waals surface area contributed by atoms with Gasteiger partial charge in [-0.05, 0) is 38.7 Å². The highest BCUT2D eigenvalue weighted by atomic mass is 16.5. The van der Waals surface area contributed by atoms with Gasteiger partial charge in [-0.3, -0.25) is 0 Å². The summed E-state index contributed by atoms with van der Waals surface area (Å²) in [6, 6.07) is 0. The fourth-order valence-electron chi connectivity index (χ4n) is 1.48. The van der Waals surface area contributed by atoms with Crippen LogP contribution in [0.3, 0.4) is 0 Å². The van der Waals surface area contributed by atoms with Crippen LogP contribution in [0.2, 0.25) is 0 Å². The molecule has 0 radical (unpaired) electrons. The second-order valence-electron chi connectivity index (χ2n) is 3.40. The van der Waals surface area contributed by atoms with E-state index in [-0.39, 0.29) is 0 Å². The molecule has 0 aromatic carbocycles. The molecule has 0 aromatic rings. The third kappa shape index (κ3) is 5.07. The van der Waals surface area contributed by atoms with Gasteiger partial charge in [0.1, 0.15) is 6.61 Å². The Morgan fingerprint density at radius 1 is 1.60 bits per heavy atom. The van der Waals surface area contributed by atoms with Crippen LogP contribution in [0.4, 0.5) is 0 Å². The lowest BCUT2D eigenvalue weighted by atomic mass is 9.99. The number of allylic oxidation sites excluding steroid dienone is 3. The molecule has 0 amide bonds. The third-order valence-corrected chi connectivity index (χ3v) is 2.20. The number of hydrogen-bond donors (Lipinski definition) is 0. The normalized spacial score (nSPS) is 15.4. The summed E-state index contributed by atoms with van der Waals surface area (Å²) in [6.45, 7) is 1.93. The summed E-state index contributed by atoms with van der Waals surface area (Å²) in [5, 5.41) is 0. The molecule has 0 fully saturated rings. The van der Waals surface area contributed by atoms with E-state index in [4.69, 9.17) is 4.74 Å². The van der Waals surface area contributed by atoms with Crippen molar-refractivity contribution in [3.8, 4) is 11.8 Å². The lowest BCUT2D eigenvalue weighted by Gasteiger charge is -2.07. The number of carbonyl (C=O) groups is 1. The summed E-state index contributed by atoms with van der Waals surface area (Å²) < 4.78 is 4.85. The lowest BCUT2D eigenvalue weighted by molar-refractivity contribution is -0.135. The zero-order chi connectivity index (χ0) is 10.9. The van der Waals surface area contributed by atoms with Gasteiger partial charge in [0, 0.05) is 5.92 Å². The summed E-state index contributed by atoms with van der Waals surface area (Å²) in [5.74, 6) is 4.36. The fraction of sp³-hybridized carbons (Fsp3) is 0.462. The maximum Gasteiger partial charge on any atom is 0.384 e. The number of hydrogen-bond acceptors (Lipinski definition) is 2. The smallest absolute Gasteiger partial charge is 0.384 e. The Morgan fingerprint density at radius 3 is 3.13 bits per heavy atom. The average Bonchev–Trinajstić information content (AvgIpc) is 2.26. The quantitative estimate of drug-likeness (QED) is 0.401. The van der Waals surface area contributed by atoms with Crippen molar-refractivity contribution in [2.75, 3.05) is 6.61 Å². The number of carbonyl (C=O) groups excluding carboxylic acids is 1. The van der Waals surface area contributed by atoms with Crippen molar-refractivity contribution in [1.82, 2.24) is 0 Å². The Bertz CT molecular complexity index is 326. The average molecular weight is 204 g/mol. The summed E-state index contributed by atoms with van der Waals surface area (Å²) >= 11 is 0. The van der Waals surface area contributed by atoms with Crippen molar-refractivity contribution >= 4 is 5.97 Å². The molecule has 0 aromatic heterocycles. The van der Waals surface area contributed by atoms with Crippen molar-refractivity contribution in [1.29, 1.82) is 0 Å². The Labute approximate surface area is 91.0 Å². The maximum absolute atomic E-state index is 10.8. The van der Waals surface area contributed by atoms with Crippen LogP contribution in [-0.2, 0) is 9.53 Å². The van der Waals surface area contributed by atoms with Crippen LogP contribution in [0, 0.1) is 11.8 Å². The predicted molar refractivity (Wildman–Crippen MR) is 60.1 cm³/mol. The molecule has 0 saturated carbocycles. The number of esters is 1. The third-order valence-electron chi connectivity index (χ3n) is 2.20. The summed E-state index contributed by atoms with van der Waals surface area (Å²) in [7, 11) is 0. The van der Waals surface area contributed by atoms with Gasteiger partial charge in [0.15, 0.2) is 0 Å². The first-order chi connectivity index (χ1) is 7.33. The molecular weight excluding hydrogens is 188 g/mol. The molecule has 0 heterocycles. The minimum atomic E-state index is -0.459. The molecule has 1 aliphatic rings. The first-order valence-corrected chi connectivity index (χ1v) is 5.28. The van der Waals surface area contributed by atoms with E-state index < -0.39 is 5.97 Å². The second kappa shape index (κ2) is 6.89. The summed E-state index contributed by atoms with van der Waals surface area (Å²) in [4.78, 5) is 10.8. The van der Waals surface area contributed by atoms with Gasteiger partial charge in [-0.1, -0.05) is 23.6 Å². The topological polar surface area (TPSA) is 26.3 Å². The van der Waals surface area contributed by atoms with Crippen LogP contribution >= 0.6 is 0 Å². The molecule has 0 saturated heterocycles. The van der Waals surface area contributed by atoms with E-state index in [1.165, 1.54) is 24.8 Å². The SMILES string of the molecule is CC#CC(=O)OC/C=C/C1=CCCCC1. The Hall–Kier alpha value is -1.49. The Balaban J connectivity index is 2.23. The molecule has 80 valence electrons. The van der Waals surface area contributed by atoms with Crippen LogP contribution < -0.4 is 0 Å². The molecule has 2 heteroatoms. The summed E-state index contributed by atoms with van der Waals surface area (Å²) in [6.07, 6.45) is 11.0. The van der Waals surface area contributed by atoms with Crippen molar-refractivity contribution in [2.45, 2.75) is 32.6 Å². The minimum Gasteiger partial charge on any atom is -0.452 e. The summed E-state index contributed by atoms with van der Waals surface area (Å²) in [5.41, 5.74) is 1.35. The second-order valence-corrected chi connectivity index (χ2v) is 3.40. The van der Waals surface area contributed by atoms with Crippen molar-refractivity contribution in [3.63, 3.8) is 0 Å². The standard InChI is InChI=1S/C13H16O2/c1-2-7-13(14)15-11-6-10-12-8-4-3-5-9-12/h6,8,10H,3-5,9,11H2,1H3/b10-6+. The van der Waals surface area contributed by atoms with E-state index in [0.29, 0.717) is 6.61 Å². The van der Waals surface area contributed by atoms with Crippen molar-refractivity contribution < 1.29 is 9.53 Å². The van der Waals surface area contributed by atoms with E-state index in [1.807, 2.05) is 12.2 Å². The van der Waals surface area contributed by atoms with Crippen molar-refractivity contribution in [2.24, 2.45) is 0 Å². The van der Waals surface area contributed by atoms with E-state index in [9.17, 15) is 4.79 Å². The first kappa shape index (κ1) is 11.6. The van der Waals surface area contributed by atoms with Gasteiger partial charge in [0.25, 0.3) is 0 Å². The Kier molecular flexibility index (Phi) is 5.32. The maximum atomic E-state index is 10.8. The Morgan fingerprint density at radius 2 is 2.47 bits per heavy atom. The fourth-order valence-corrected chi connectivity index (χ4v) is 1.48.